The fraction of sp³-hybridized carbons (Fsp3) is 0.500. The number of amides is 1. The van der Waals surface area contributed by atoms with Gasteiger partial charge in [-0.15, -0.1) is 0 Å². The van der Waals surface area contributed by atoms with E-state index in [0.29, 0.717) is 11.7 Å². The first-order valence-corrected chi connectivity index (χ1v) is 7.85. The average molecular weight is 281 g/mol. The van der Waals surface area contributed by atoms with Gasteiger partial charge < -0.3 is 4.90 Å². The highest BCUT2D eigenvalue weighted by Gasteiger charge is 2.25. The molecule has 0 aliphatic carbocycles. The Kier molecular flexibility index (Phi) is 5.01. The first kappa shape index (κ1) is 13.8. The maximum Gasteiger partial charge on any atom is 0.235 e. The van der Waals surface area contributed by atoms with E-state index in [1.807, 2.05) is 47.0 Å². The molecule has 0 bridgehead atoms. The molecular formula is C14H19NOS2. The molecule has 0 spiro atoms. The van der Waals surface area contributed by atoms with Crippen LogP contribution in [0.15, 0.2) is 30.3 Å². The second-order valence-electron chi connectivity index (χ2n) is 4.67. The second kappa shape index (κ2) is 6.53. The summed E-state index contributed by atoms with van der Waals surface area (Å²) >= 11 is 6.41. The maximum absolute atomic E-state index is 12.3. The zero-order valence-electron chi connectivity index (χ0n) is 10.6. The summed E-state index contributed by atoms with van der Waals surface area (Å²) in [5.41, 5.74) is 1.17. The number of carbonyl (C=O) groups excluding carboxylic acids is 1. The molecule has 2 rings (SSSR count). The van der Waals surface area contributed by atoms with Gasteiger partial charge in [-0.3, -0.25) is 4.79 Å². The van der Waals surface area contributed by atoms with Gasteiger partial charge in [0.1, 0.15) is 0 Å². The molecule has 1 aromatic rings. The van der Waals surface area contributed by atoms with Gasteiger partial charge >= 0.3 is 0 Å². The highest BCUT2D eigenvalue weighted by molar-refractivity contribution is 8.00. The standard InChI is InChI=1S/C14H19NOS2/c1-11-10-15(7-8-18-11)14(16)13(17)9-12-5-3-2-4-6-12/h2-6,11,13,17H,7-10H2,1H3. The lowest BCUT2D eigenvalue weighted by molar-refractivity contribution is -0.130. The number of rotatable bonds is 3. The molecule has 1 aromatic carbocycles. The van der Waals surface area contributed by atoms with Gasteiger partial charge in [-0.2, -0.15) is 24.4 Å². The van der Waals surface area contributed by atoms with Gasteiger partial charge in [-0.05, 0) is 12.0 Å². The van der Waals surface area contributed by atoms with Gasteiger partial charge in [0, 0.05) is 24.1 Å². The van der Waals surface area contributed by atoms with Crippen molar-refractivity contribution in [3.05, 3.63) is 35.9 Å². The average Bonchev–Trinajstić information content (AvgIpc) is 2.39. The fourth-order valence-electron chi connectivity index (χ4n) is 2.15. The Morgan fingerprint density at radius 1 is 1.50 bits per heavy atom. The summed E-state index contributed by atoms with van der Waals surface area (Å²) in [6.07, 6.45) is 0.709. The van der Waals surface area contributed by atoms with Crippen molar-refractivity contribution in [3.8, 4) is 0 Å². The number of thioether (sulfide) groups is 1. The van der Waals surface area contributed by atoms with Gasteiger partial charge in [0.2, 0.25) is 5.91 Å². The Morgan fingerprint density at radius 2 is 2.22 bits per heavy atom. The predicted molar refractivity (Wildman–Crippen MR) is 81.4 cm³/mol. The van der Waals surface area contributed by atoms with Crippen LogP contribution >= 0.6 is 24.4 Å². The van der Waals surface area contributed by atoms with Gasteiger partial charge in [-0.1, -0.05) is 37.3 Å². The van der Waals surface area contributed by atoms with E-state index < -0.39 is 0 Å². The van der Waals surface area contributed by atoms with Crippen LogP contribution in [-0.4, -0.2) is 40.1 Å². The zero-order chi connectivity index (χ0) is 13.0. The third kappa shape index (κ3) is 3.69. The highest BCUT2D eigenvalue weighted by atomic mass is 32.2. The van der Waals surface area contributed by atoms with Crippen molar-refractivity contribution in [2.75, 3.05) is 18.8 Å². The molecule has 4 heteroatoms. The molecule has 2 atom stereocenters. The van der Waals surface area contributed by atoms with Crippen molar-refractivity contribution in [1.29, 1.82) is 0 Å². The molecule has 0 aromatic heterocycles. The zero-order valence-corrected chi connectivity index (χ0v) is 12.3. The molecular weight excluding hydrogens is 262 g/mol. The van der Waals surface area contributed by atoms with Crippen LogP contribution in [0.4, 0.5) is 0 Å². The lowest BCUT2D eigenvalue weighted by Crippen LogP contribution is -2.45. The quantitative estimate of drug-likeness (QED) is 0.859. The van der Waals surface area contributed by atoms with Crippen LogP contribution in [0.2, 0.25) is 0 Å². The molecule has 98 valence electrons. The lowest BCUT2D eigenvalue weighted by Gasteiger charge is -2.32. The van der Waals surface area contributed by atoms with E-state index in [2.05, 4.69) is 19.6 Å². The Morgan fingerprint density at radius 3 is 2.89 bits per heavy atom. The maximum atomic E-state index is 12.3. The first-order chi connectivity index (χ1) is 8.66. The number of carbonyl (C=O) groups is 1. The normalized spacial score (nSPS) is 21.7. The van der Waals surface area contributed by atoms with Gasteiger partial charge in [0.15, 0.2) is 0 Å². The van der Waals surface area contributed by atoms with Crippen molar-refractivity contribution in [2.24, 2.45) is 0 Å². The van der Waals surface area contributed by atoms with Crippen LogP contribution in [0.5, 0.6) is 0 Å². The number of hydrogen-bond donors (Lipinski definition) is 1. The summed E-state index contributed by atoms with van der Waals surface area (Å²) in [5, 5.41) is 0.322. The molecule has 1 aliphatic rings. The van der Waals surface area contributed by atoms with E-state index in [-0.39, 0.29) is 11.2 Å². The number of nitrogens with zero attached hydrogens (tertiary/aromatic N) is 1. The monoisotopic (exact) mass is 281 g/mol. The van der Waals surface area contributed by atoms with E-state index in [4.69, 9.17) is 0 Å². The van der Waals surface area contributed by atoms with E-state index in [1.54, 1.807) is 0 Å². The largest absolute Gasteiger partial charge is 0.340 e. The number of hydrogen-bond acceptors (Lipinski definition) is 3. The summed E-state index contributed by atoms with van der Waals surface area (Å²) in [4.78, 5) is 14.2. The Balaban J connectivity index is 1.92. The molecule has 1 fully saturated rings. The van der Waals surface area contributed by atoms with Crippen LogP contribution in [-0.2, 0) is 11.2 Å². The highest BCUT2D eigenvalue weighted by Crippen LogP contribution is 2.20. The smallest absolute Gasteiger partial charge is 0.235 e. The van der Waals surface area contributed by atoms with E-state index in [1.165, 1.54) is 5.56 Å². The van der Waals surface area contributed by atoms with Crippen molar-refractivity contribution >= 4 is 30.3 Å². The number of thiol groups is 1. The topological polar surface area (TPSA) is 20.3 Å². The molecule has 18 heavy (non-hydrogen) atoms. The van der Waals surface area contributed by atoms with Crippen molar-refractivity contribution in [1.82, 2.24) is 4.90 Å². The predicted octanol–water partition coefficient (Wildman–Crippen LogP) is 2.49. The molecule has 1 amide bonds. The SMILES string of the molecule is CC1CN(C(=O)C(S)Cc2ccccc2)CCS1. The molecule has 1 heterocycles. The van der Waals surface area contributed by atoms with Crippen LogP contribution in [0, 0.1) is 0 Å². The van der Waals surface area contributed by atoms with Gasteiger partial charge in [0.05, 0.1) is 5.25 Å². The van der Waals surface area contributed by atoms with Crippen molar-refractivity contribution < 1.29 is 4.79 Å². The Bertz CT molecular complexity index is 396. The van der Waals surface area contributed by atoms with E-state index >= 15 is 0 Å². The molecule has 0 N–H and O–H groups in total. The molecule has 2 unspecified atom stereocenters. The minimum atomic E-state index is -0.220. The van der Waals surface area contributed by atoms with Crippen molar-refractivity contribution in [3.63, 3.8) is 0 Å². The third-order valence-corrected chi connectivity index (χ3v) is 4.65. The fourth-order valence-corrected chi connectivity index (χ4v) is 3.54. The van der Waals surface area contributed by atoms with E-state index in [0.717, 1.165) is 18.8 Å². The summed E-state index contributed by atoms with van der Waals surface area (Å²) < 4.78 is 0. The Hall–Kier alpha value is -0.610. The van der Waals surface area contributed by atoms with Crippen molar-refractivity contribution in [2.45, 2.75) is 23.8 Å². The molecule has 0 saturated carbocycles. The lowest BCUT2D eigenvalue weighted by atomic mass is 10.1. The molecule has 0 radical (unpaired) electrons. The summed E-state index contributed by atoms with van der Waals surface area (Å²) in [5.74, 6) is 1.22. The van der Waals surface area contributed by atoms with Gasteiger partial charge in [0.25, 0.3) is 0 Å². The summed E-state index contributed by atoms with van der Waals surface area (Å²) in [6.45, 7) is 3.89. The number of benzene rings is 1. The molecule has 2 nitrogen and oxygen atoms in total. The van der Waals surface area contributed by atoms with Crippen LogP contribution in [0.3, 0.4) is 0 Å². The molecule has 1 aliphatic heterocycles. The summed E-state index contributed by atoms with van der Waals surface area (Å²) in [7, 11) is 0. The van der Waals surface area contributed by atoms with E-state index in [9.17, 15) is 4.79 Å². The van der Waals surface area contributed by atoms with Gasteiger partial charge in [-0.25, -0.2) is 0 Å². The van der Waals surface area contributed by atoms with Crippen LogP contribution < -0.4 is 0 Å². The molecule has 1 saturated heterocycles. The van der Waals surface area contributed by atoms with Crippen LogP contribution in [0.25, 0.3) is 0 Å². The first-order valence-electron chi connectivity index (χ1n) is 6.29. The minimum absolute atomic E-state index is 0.175. The summed E-state index contributed by atoms with van der Waals surface area (Å²) in [6, 6.07) is 10.1. The third-order valence-electron chi connectivity index (χ3n) is 3.11. The second-order valence-corrected chi connectivity index (χ2v) is 6.84. The minimum Gasteiger partial charge on any atom is -0.340 e. The van der Waals surface area contributed by atoms with Crippen LogP contribution in [0.1, 0.15) is 12.5 Å². The Labute approximate surface area is 119 Å².